The molecule has 0 amide bonds. The van der Waals surface area contributed by atoms with E-state index >= 15 is 0 Å². The highest BCUT2D eigenvalue weighted by Crippen LogP contribution is 2.40. The molecule has 1 aromatic carbocycles. The van der Waals surface area contributed by atoms with E-state index in [1.165, 1.54) is 0 Å². The molecular formula is C12H15NO3. The minimum Gasteiger partial charge on any atom is -0.449 e. The van der Waals surface area contributed by atoms with Gasteiger partial charge in [0.25, 0.3) is 0 Å². The van der Waals surface area contributed by atoms with Crippen LogP contribution in [0, 0.1) is 6.92 Å². The Morgan fingerprint density at radius 2 is 1.88 bits per heavy atom. The van der Waals surface area contributed by atoms with Crippen LogP contribution in [0.25, 0.3) is 0 Å². The van der Waals surface area contributed by atoms with Crippen molar-refractivity contribution in [3.63, 3.8) is 0 Å². The van der Waals surface area contributed by atoms with Gasteiger partial charge in [0.15, 0.2) is 17.3 Å². The lowest BCUT2D eigenvalue weighted by atomic mass is 10.0. The molecule has 86 valence electrons. The molecule has 0 bridgehead atoms. The molecule has 2 rings (SSSR count). The molecule has 1 aromatic rings. The number of ether oxygens (including phenoxy) is 2. The first-order valence-corrected chi connectivity index (χ1v) is 5.19. The third-order valence-corrected chi connectivity index (χ3v) is 2.49. The molecule has 16 heavy (non-hydrogen) atoms. The zero-order valence-electron chi connectivity index (χ0n) is 9.66. The number of Topliss-reactive ketones (excluding diaryl/α,β-unsaturated/α-hetero) is 1. The number of nitrogens with two attached hydrogens (primary N) is 1. The minimum absolute atomic E-state index is 0.00385. The largest absolute Gasteiger partial charge is 0.449 e. The van der Waals surface area contributed by atoms with E-state index in [2.05, 4.69) is 0 Å². The fourth-order valence-electron chi connectivity index (χ4n) is 1.78. The van der Waals surface area contributed by atoms with Crippen LogP contribution in [-0.4, -0.2) is 18.1 Å². The zero-order chi connectivity index (χ0) is 11.9. The second kappa shape index (κ2) is 3.49. The highest BCUT2D eigenvalue weighted by atomic mass is 16.7. The molecular weight excluding hydrogens is 206 g/mol. The van der Waals surface area contributed by atoms with Gasteiger partial charge in [-0.3, -0.25) is 4.79 Å². The Morgan fingerprint density at radius 3 is 2.44 bits per heavy atom. The SMILES string of the molecule is Cc1cc2c(cc1C(=O)CN)OC(C)(C)O2. The van der Waals surface area contributed by atoms with Crippen LogP contribution in [-0.2, 0) is 0 Å². The zero-order valence-corrected chi connectivity index (χ0v) is 9.66. The molecule has 0 unspecified atom stereocenters. The maximum atomic E-state index is 11.6. The lowest BCUT2D eigenvalue weighted by Gasteiger charge is -2.16. The predicted octanol–water partition coefficient (Wildman–Crippen LogP) is 1.64. The molecule has 1 heterocycles. The van der Waals surface area contributed by atoms with Gasteiger partial charge in [-0.15, -0.1) is 0 Å². The number of carbonyl (C=O) groups is 1. The van der Waals surface area contributed by atoms with E-state index in [4.69, 9.17) is 15.2 Å². The summed E-state index contributed by atoms with van der Waals surface area (Å²) in [6.45, 7) is 5.52. The molecule has 2 N–H and O–H groups in total. The number of hydrogen-bond donors (Lipinski definition) is 1. The van der Waals surface area contributed by atoms with Crippen LogP contribution in [0.5, 0.6) is 11.5 Å². The standard InChI is InChI=1S/C12H15NO3/c1-7-4-10-11(16-12(2,3)15-10)5-8(7)9(14)6-13/h4-5H,6,13H2,1-3H3. The Kier molecular flexibility index (Phi) is 2.39. The van der Waals surface area contributed by atoms with Crippen LogP contribution in [0.15, 0.2) is 12.1 Å². The highest BCUT2D eigenvalue weighted by Gasteiger charge is 2.32. The van der Waals surface area contributed by atoms with E-state index in [-0.39, 0.29) is 12.3 Å². The van der Waals surface area contributed by atoms with Gasteiger partial charge in [0, 0.05) is 19.4 Å². The van der Waals surface area contributed by atoms with Gasteiger partial charge in [0.05, 0.1) is 6.54 Å². The van der Waals surface area contributed by atoms with Gasteiger partial charge in [0.1, 0.15) is 0 Å². The van der Waals surface area contributed by atoms with Crippen molar-refractivity contribution >= 4 is 5.78 Å². The summed E-state index contributed by atoms with van der Waals surface area (Å²) in [5, 5.41) is 0. The summed E-state index contributed by atoms with van der Waals surface area (Å²) >= 11 is 0. The Bertz CT molecular complexity index is 452. The molecule has 0 spiro atoms. The van der Waals surface area contributed by atoms with Crippen molar-refractivity contribution in [3.8, 4) is 11.5 Å². The topological polar surface area (TPSA) is 61.6 Å². The lowest BCUT2D eigenvalue weighted by Crippen LogP contribution is -2.29. The molecule has 1 aliphatic rings. The molecule has 4 nitrogen and oxygen atoms in total. The maximum Gasteiger partial charge on any atom is 0.246 e. The summed E-state index contributed by atoms with van der Waals surface area (Å²) in [5.41, 5.74) is 6.81. The fraction of sp³-hybridized carbons (Fsp3) is 0.417. The van der Waals surface area contributed by atoms with Crippen LogP contribution in [0.1, 0.15) is 29.8 Å². The van der Waals surface area contributed by atoms with Crippen LogP contribution < -0.4 is 15.2 Å². The summed E-state index contributed by atoms with van der Waals surface area (Å²) in [6.07, 6.45) is 0. The fourth-order valence-corrected chi connectivity index (χ4v) is 1.78. The molecule has 1 aliphatic heterocycles. The Hall–Kier alpha value is -1.55. The Morgan fingerprint density at radius 1 is 1.31 bits per heavy atom. The van der Waals surface area contributed by atoms with Gasteiger partial charge in [-0.2, -0.15) is 0 Å². The van der Waals surface area contributed by atoms with Crippen molar-refractivity contribution < 1.29 is 14.3 Å². The summed E-state index contributed by atoms with van der Waals surface area (Å²) in [5.74, 6) is 0.524. The van der Waals surface area contributed by atoms with Gasteiger partial charge >= 0.3 is 0 Å². The first-order chi connectivity index (χ1) is 7.43. The van der Waals surface area contributed by atoms with Crippen LogP contribution in [0.2, 0.25) is 0 Å². The van der Waals surface area contributed by atoms with Gasteiger partial charge in [-0.1, -0.05) is 0 Å². The average Bonchev–Trinajstić information content (AvgIpc) is 2.48. The summed E-state index contributed by atoms with van der Waals surface area (Å²) in [6, 6.07) is 3.52. The van der Waals surface area contributed by atoms with E-state index in [0.717, 1.165) is 5.56 Å². The number of fused-ring (bicyclic) bond motifs is 1. The number of ketones is 1. The van der Waals surface area contributed by atoms with Crippen molar-refractivity contribution in [2.24, 2.45) is 5.73 Å². The molecule has 0 radical (unpaired) electrons. The van der Waals surface area contributed by atoms with E-state index in [1.54, 1.807) is 6.07 Å². The predicted molar refractivity (Wildman–Crippen MR) is 59.9 cm³/mol. The Labute approximate surface area is 94.3 Å². The number of carbonyl (C=O) groups excluding carboxylic acids is 1. The first-order valence-electron chi connectivity index (χ1n) is 5.19. The number of rotatable bonds is 2. The molecule has 0 aliphatic carbocycles. The van der Waals surface area contributed by atoms with Gasteiger partial charge < -0.3 is 15.2 Å². The molecule has 0 aromatic heterocycles. The minimum atomic E-state index is -0.668. The van der Waals surface area contributed by atoms with Crippen molar-refractivity contribution in [1.29, 1.82) is 0 Å². The molecule has 0 saturated heterocycles. The Balaban J connectivity index is 2.45. The molecule has 4 heteroatoms. The van der Waals surface area contributed by atoms with E-state index < -0.39 is 5.79 Å². The second-order valence-corrected chi connectivity index (χ2v) is 4.35. The highest BCUT2D eigenvalue weighted by molar-refractivity contribution is 5.99. The quantitative estimate of drug-likeness (QED) is 0.771. The van der Waals surface area contributed by atoms with Crippen LogP contribution >= 0.6 is 0 Å². The molecule has 0 atom stereocenters. The number of benzene rings is 1. The smallest absolute Gasteiger partial charge is 0.246 e. The van der Waals surface area contributed by atoms with Gasteiger partial charge in [0.2, 0.25) is 5.79 Å². The van der Waals surface area contributed by atoms with E-state index in [1.807, 2.05) is 26.8 Å². The van der Waals surface area contributed by atoms with Gasteiger partial charge in [-0.25, -0.2) is 0 Å². The van der Waals surface area contributed by atoms with Crippen molar-refractivity contribution in [1.82, 2.24) is 0 Å². The summed E-state index contributed by atoms with van der Waals surface area (Å²) in [4.78, 5) is 11.6. The first kappa shape index (κ1) is 11.0. The second-order valence-electron chi connectivity index (χ2n) is 4.35. The number of aryl methyl sites for hydroxylation is 1. The van der Waals surface area contributed by atoms with E-state index in [0.29, 0.717) is 17.1 Å². The monoisotopic (exact) mass is 221 g/mol. The number of hydrogen-bond acceptors (Lipinski definition) is 4. The van der Waals surface area contributed by atoms with E-state index in [9.17, 15) is 4.79 Å². The normalized spacial score (nSPS) is 16.2. The van der Waals surface area contributed by atoms with Gasteiger partial charge in [-0.05, 0) is 24.6 Å². The van der Waals surface area contributed by atoms with Crippen molar-refractivity contribution in [2.75, 3.05) is 6.54 Å². The lowest BCUT2D eigenvalue weighted by molar-refractivity contribution is -0.0431. The average molecular weight is 221 g/mol. The molecule has 0 saturated carbocycles. The van der Waals surface area contributed by atoms with Crippen LogP contribution in [0.4, 0.5) is 0 Å². The third-order valence-electron chi connectivity index (χ3n) is 2.49. The van der Waals surface area contributed by atoms with Crippen LogP contribution in [0.3, 0.4) is 0 Å². The summed E-state index contributed by atoms with van der Waals surface area (Å²) < 4.78 is 11.1. The van der Waals surface area contributed by atoms with Crippen molar-refractivity contribution in [3.05, 3.63) is 23.3 Å². The maximum absolute atomic E-state index is 11.6. The van der Waals surface area contributed by atoms with Crippen molar-refractivity contribution in [2.45, 2.75) is 26.6 Å². The summed E-state index contributed by atoms with van der Waals surface area (Å²) in [7, 11) is 0. The molecule has 0 fully saturated rings. The third kappa shape index (κ3) is 1.76.